The second-order valence-corrected chi connectivity index (χ2v) is 6.50. The molecule has 3 nitrogen and oxygen atoms in total. The summed E-state index contributed by atoms with van der Waals surface area (Å²) in [5.74, 6) is 2.45. The van der Waals surface area contributed by atoms with Crippen LogP contribution in [0.15, 0.2) is 18.2 Å². The Bertz CT molecular complexity index is 450. The minimum Gasteiger partial charge on any atom is -0.493 e. The summed E-state index contributed by atoms with van der Waals surface area (Å²) in [6, 6.07) is 6.17. The zero-order valence-corrected chi connectivity index (χ0v) is 13.3. The van der Waals surface area contributed by atoms with Gasteiger partial charge in [0.25, 0.3) is 0 Å². The normalized spacial score (nSPS) is 15.5. The molecule has 0 aromatic heterocycles. The van der Waals surface area contributed by atoms with Gasteiger partial charge in [0.15, 0.2) is 11.5 Å². The van der Waals surface area contributed by atoms with Gasteiger partial charge < -0.3 is 14.8 Å². The number of hydrogen-bond acceptors (Lipinski definition) is 3. The van der Waals surface area contributed by atoms with Gasteiger partial charge in [-0.15, -0.1) is 0 Å². The monoisotopic (exact) mass is 277 g/mol. The molecule has 1 fully saturated rings. The second kappa shape index (κ2) is 6.04. The Kier molecular flexibility index (Phi) is 4.59. The van der Waals surface area contributed by atoms with Crippen LogP contribution in [-0.2, 0) is 6.54 Å². The fourth-order valence-electron chi connectivity index (χ4n) is 2.45. The number of benzene rings is 1. The van der Waals surface area contributed by atoms with E-state index in [-0.39, 0.29) is 11.6 Å². The van der Waals surface area contributed by atoms with Crippen LogP contribution in [0.25, 0.3) is 0 Å². The maximum Gasteiger partial charge on any atom is 0.161 e. The highest BCUT2D eigenvalue weighted by atomic mass is 16.5. The maximum absolute atomic E-state index is 5.74. The van der Waals surface area contributed by atoms with E-state index in [1.54, 1.807) is 7.11 Å². The Morgan fingerprint density at radius 3 is 2.50 bits per heavy atom. The molecule has 1 N–H and O–H groups in total. The molecule has 0 heterocycles. The first-order valence-electron chi connectivity index (χ1n) is 7.51. The van der Waals surface area contributed by atoms with Crippen LogP contribution in [0.1, 0.15) is 46.1 Å². The number of hydrogen-bond donors (Lipinski definition) is 1. The highest BCUT2D eigenvalue weighted by molar-refractivity contribution is 5.43. The van der Waals surface area contributed by atoms with Crippen LogP contribution < -0.4 is 14.8 Å². The first kappa shape index (κ1) is 15.2. The number of nitrogens with one attached hydrogen (secondary N) is 1. The summed E-state index contributed by atoms with van der Waals surface area (Å²) in [6.45, 7) is 9.48. The molecule has 1 aliphatic carbocycles. The quantitative estimate of drug-likeness (QED) is 0.823. The summed E-state index contributed by atoms with van der Waals surface area (Å²) in [5, 5.41) is 3.65. The summed E-state index contributed by atoms with van der Waals surface area (Å²) >= 11 is 0. The van der Waals surface area contributed by atoms with Crippen molar-refractivity contribution < 1.29 is 9.47 Å². The SMILES string of the molecule is COc1cc(CNC(C)(C)C2CC2)ccc1OC(C)C. The van der Waals surface area contributed by atoms with Crippen LogP contribution in [0.5, 0.6) is 11.5 Å². The van der Waals surface area contributed by atoms with Crippen molar-refractivity contribution in [2.75, 3.05) is 7.11 Å². The summed E-state index contributed by atoms with van der Waals surface area (Å²) < 4.78 is 11.2. The van der Waals surface area contributed by atoms with E-state index in [1.807, 2.05) is 19.9 Å². The molecule has 0 unspecified atom stereocenters. The van der Waals surface area contributed by atoms with E-state index in [4.69, 9.17) is 9.47 Å². The first-order valence-corrected chi connectivity index (χ1v) is 7.51. The molecule has 1 aliphatic rings. The number of ether oxygens (including phenoxy) is 2. The average molecular weight is 277 g/mol. The Morgan fingerprint density at radius 2 is 1.95 bits per heavy atom. The number of rotatable bonds is 7. The van der Waals surface area contributed by atoms with Gasteiger partial charge in [-0.2, -0.15) is 0 Å². The second-order valence-electron chi connectivity index (χ2n) is 6.50. The number of methoxy groups -OCH3 is 1. The van der Waals surface area contributed by atoms with Crippen LogP contribution >= 0.6 is 0 Å². The van der Waals surface area contributed by atoms with Gasteiger partial charge in [0, 0.05) is 12.1 Å². The van der Waals surface area contributed by atoms with E-state index >= 15 is 0 Å². The summed E-state index contributed by atoms with van der Waals surface area (Å²) in [4.78, 5) is 0. The molecule has 0 aliphatic heterocycles. The Labute approximate surface area is 122 Å². The minimum absolute atomic E-state index is 0.154. The lowest BCUT2D eigenvalue weighted by molar-refractivity contribution is 0.230. The summed E-state index contributed by atoms with van der Waals surface area (Å²) in [7, 11) is 1.69. The predicted molar refractivity (Wildman–Crippen MR) is 82.4 cm³/mol. The molecule has 1 aromatic rings. The van der Waals surface area contributed by atoms with Gasteiger partial charge in [-0.25, -0.2) is 0 Å². The van der Waals surface area contributed by atoms with E-state index in [1.165, 1.54) is 18.4 Å². The summed E-state index contributed by atoms with van der Waals surface area (Å²) in [6.07, 6.45) is 2.86. The van der Waals surface area contributed by atoms with Crippen molar-refractivity contribution in [1.82, 2.24) is 5.32 Å². The van der Waals surface area contributed by atoms with Crippen molar-refractivity contribution in [3.63, 3.8) is 0 Å². The Balaban J connectivity index is 2.01. The molecule has 0 spiro atoms. The summed E-state index contributed by atoms with van der Waals surface area (Å²) in [5.41, 5.74) is 1.45. The highest BCUT2D eigenvalue weighted by Gasteiger charge is 2.37. The third kappa shape index (κ3) is 3.89. The molecule has 1 aromatic carbocycles. The highest BCUT2D eigenvalue weighted by Crippen LogP contribution is 2.39. The van der Waals surface area contributed by atoms with Gasteiger partial charge in [-0.3, -0.25) is 0 Å². The standard InChI is InChI=1S/C17H27NO2/c1-12(2)20-15-9-6-13(10-16(15)19-5)11-18-17(3,4)14-7-8-14/h6,9-10,12,14,18H,7-8,11H2,1-5H3. The van der Waals surface area contributed by atoms with E-state index < -0.39 is 0 Å². The van der Waals surface area contributed by atoms with Gasteiger partial charge in [0.2, 0.25) is 0 Å². The van der Waals surface area contributed by atoms with E-state index in [9.17, 15) is 0 Å². The van der Waals surface area contributed by atoms with E-state index in [0.29, 0.717) is 0 Å². The van der Waals surface area contributed by atoms with Gasteiger partial charge >= 0.3 is 0 Å². The molecule has 3 heteroatoms. The van der Waals surface area contributed by atoms with Crippen molar-refractivity contribution >= 4 is 0 Å². The lowest BCUT2D eigenvalue weighted by atomic mass is 9.98. The molecule has 112 valence electrons. The smallest absolute Gasteiger partial charge is 0.161 e. The molecule has 2 rings (SSSR count). The van der Waals surface area contributed by atoms with E-state index in [0.717, 1.165) is 24.0 Å². The molecule has 1 saturated carbocycles. The molecular weight excluding hydrogens is 250 g/mol. The van der Waals surface area contributed by atoms with Crippen LogP contribution in [-0.4, -0.2) is 18.8 Å². The molecule has 0 amide bonds. The Hall–Kier alpha value is -1.22. The Morgan fingerprint density at radius 1 is 1.25 bits per heavy atom. The van der Waals surface area contributed by atoms with Gasteiger partial charge in [0.05, 0.1) is 13.2 Å². The third-order valence-corrected chi connectivity index (χ3v) is 3.94. The molecular formula is C17H27NO2. The lowest BCUT2D eigenvalue weighted by Crippen LogP contribution is -2.40. The first-order chi connectivity index (χ1) is 9.42. The fraction of sp³-hybridized carbons (Fsp3) is 0.647. The van der Waals surface area contributed by atoms with Crippen molar-refractivity contribution in [2.24, 2.45) is 5.92 Å². The van der Waals surface area contributed by atoms with Gasteiger partial charge in [0.1, 0.15) is 0 Å². The van der Waals surface area contributed by atoms with Gasteiger partial charge in [-0.1, -0.05) is 6.07 Å². The maximum atomic E-state index is 5.74. The van der Waals surface area contributed by atoms with Crippen molar-refractivity contribution in [3.8, 4) is 11.5 Å². The van der Waals surface area contributed by atoms with Crippen LogP contribution in [0.3, 0.4) is 0 Å². The van der Waals surface area contributed by atoms with E-state index in [2.05, 4.69) is 31.3 Å². The third-order valence-electron chi connectivity index (χ3n) is 3.94. The van der Waals surface area contributed by atoms with Gasteiger partial charge in [-0.05, 0) is 64.2 Å². The topological polar surface area (TPSA) is 30.5 Å². The molecule has 0 atom stereocenters. The average Bonchev–Trinajstić information content (AvgIpc) is 3.21. The lowest BCUT2D eigenvalue weighted by Gasteiger charge is -2.26. The van der Waals surface area contributed by atoms with Crippen molar-refractivity contribution in [2.45, 2.75) is 58.7 Å². The molecule has 0 saturated heterocycles. The minimum atomic E-state index is 0.154. The molecule has 0 radical (unpaired) electrons. The fourth-order valence-corrected chi connectivity index (χ4v) is 2.45. The molecule has 20 heavy (non-hydrogen) atoms. The van der Waals surface area contributed by atoms with Crippen molar-refractivity contribution in [3.05, 3.63) is 23.8 Å². The predicted octanol–water partition coefficient (Wildman–Crippen LogP) is 3.76. The van der Waals surface area contributed by atoms with Crippen molar-refractivity contribution in [1.29, 1.82) is 0 Å². The van der Waals surface area contributed by atoms with Crippen LogP contribution in [0.4, 0.5) is 0 Å². The molecule has 0 bridgehead atoms. The largest absolute Gasteiger partial charge is 0.493 e. The zero-order valence-electron chi connectivity index (χ0n) is 13.3. The van der Waals surface area contributed by atoms with Crippen LogP contribution in [0, 0.1) is 5.92 Å². The van der Waals surface area contributed by atoms with Crippen LogP contribution in [0.2, 0.25) is 0 Å². The zero-order chi connectivity index (χ0) is 14.8.